The Hall–Kier alpha value is -8.80. The maximum absolute atomic E-state index is 7.21. The average molecular weight is 973 g/mol. The van der Waals surface area contributed by atoms with Crippen LogP contribution in [0.2, 0.25) is 0 Å². The van der Waals surface area contributed by atoms with Crippen LogP contribution in [0.1, 0.15) is 67.2 Å². The number of furan rings is 2. The van der Waals surface area contributed by atoms with Gasteiger partial charge in [-0.15, -0.1) is 0 Å². The molecule has 2 aliphatic rings. The largest absolute Gasteiger partial charge is 0.494 e. The second-order valence-electron chi connectivity index (χ2n) is 21.5. The normalized spacial score (nSPS) is 13.7. The van der Waals surface area contributed by atoms with E-state index in [1.165, 1.54) is 49.4 Å². The SMILES string of the molecule is COc1c(C2=CC=CCC2)cc2c(oc3ccccc32)c1N(c1ccccc1)c1cc(N(C(=C2Cc3ccccc3C2)c2oc3ccccc3c2C)c2ccccc2)c2ccc3cc(C(C)(C)C)cc4ccc1c2c34. The second kappa shape index (κ2) is 17.4. The number of anilines is 5. The van der Waals surface area contributed by atoms with Gasteiger partial charge in [0.15, 0.2) is 17.1 Å². The van der Waals surface area contributed by atoms with Crippen molar-refractivity contribution in [2.75, 3.05) is 16.9 Å². The van der Waals surface area contributed by atoms with Crippen molar-refractivity contribution in [3.63, 3.8) is 0 Å². The quantitative estimate of drug-likeness (QED) is 0.135. The molecule has 2 heterocycles. The predicted octanol–water partition coefficient (Wildman–Crippen LogP) is 19.4. The zero-order valence-corrected chi connectivity index (χ0v) is 43.0. The predicted molar refractivity (Wildman–Crippen MR) is 314 cm³/mol. The summed E-state index contributed by atoms with van der Waals surface area (Å²) < 4.78 is 21.2. The Kier molecular flexibility index (Phi) is 10.4. The lowest BCUT2D eigenvalue weighted by Gasteiger charge is -2.34. The summed E-state index contributed by atoms with van der Waals surface area (Å²) in [6.07, 6.45) is 10.1. The second-order valence-corrected chi connectivity index (χ2v) is 21.5. The first-order valence-electron chi connectivity index (χ1n) is 26.3. The lowest BCUT2D eigenvalue weighted by Crippen LogP contribution is -2.20. The molecule has 12 aromatic rings. The molecule has 75 heavy (non-hydrogen) atoms. The third-order valence-electron chi connectivity index (χ3n) is 16.0. The zero-order valence-electron chi connectivity index (χ0n) is 43.0. The van der Waals surface area contributed by atoms with Crippen LogP contribution >= 0.6 is 0 Å². The minimum atomic E-state index is -0.0531. The highest BCUT2D eigenvalue weighted by molar-refractivity contribution is 6.30. The third kappa shape index (κ3) is 7.20. The lowest BCUT2D eigenvalue weighted by atomic mass is 9.83. The van der Waals surface area contributed by atoms with Crippen molar-refractivity contribution in [1.82, 2.24) is 0 Å². The van der Waals surface area contributed by atoms with Crippen molar-refractivity contribution >= 4 is 105 Å². The van der Waals surface area contributed by atoms with Crippen LogP contribution in [0, 0.1) is 6.92 Å². The Balaban J connectivity index is 1.17. The Bertz CT molecular complexity index is 4290. The van der Waals surface area contributed by atoms with E-state index in [-0.39, 0.29) is 5.41 Å². The maximum atomic E-state index is 7.21. The number of aryl methyl sites for hydroxylation is 1. The molecular weight excluding hydrogens is 917 g/mol. The van der Waals surface area contributed by atoms with Crippen LogP contribution in [-0.4, -0.2) is 7.11 Å². The smallest absolute Gasteiger partial charge is 0.163 e. The highest BCUT2D eigenvalue weighted by Crippen LogP contribution is 2.56. The first-order valence-corrected chi connectivity index (χ1v) is 26.3. The molecule has 0 saturated carbocycles. The molecule has 0 radical (unpaired) electrons. The third-order valence-corrected chi connectivity index (χ3v) is 16.0. The van der Waals surface area contributed by atoms with Gasteiger partial charge in [0.2, 0.25) is 0 Å². The zero-order chi connectivity index (χ0) is 50.5. The molecule has 10 aromatic carbocycles. The van der Waals surface area contributed by atoms with Crippen molar-refractivity contribution < 1.29 is 13.6 Å². The van der Waals surface area contributed by atoms with Crippen LogP contribution in [0.4, 0.5) is 28.4 Å². The summed E-state index contributed by atoms with van der Waals surface area (Å²) in [5.74, 6) is 1.64. The molecule has 2 aliphatic carbocycles. The van der Waals surface area contributed by atoms with Gasteiger partial charge in [-0.3, -0.25) is 0 Å². The monoisotopic (exact) mass is 972 g/mol. The van der Waals surface area contributed by atoms with E-state index >= 15 is 0 Å². The molecule has 5 nitrogen and oxygen atoms in total. The molecule has 0 fully saturated rings. The number of ether oxygens (including phenoxy) is 1. The highest BCUT2D eigenvalue weighted by atomic mass is 16.5. The van der Waals surface area contributed by atoms with Crippen LogP contribution in [-0.2, 0) is 18.3 Å². The molecule has 14 rings (SSSR count). The number of allylic oxidation sites excluding steroid dienone is 5. The lowest BCUT2D eigenvalue weighted by molar-refractivity contribution is 0.414. The van der Waals surface area contributed by atoms with Crippen LogP contribution in [0.15, 0.2) is 215 Å². The molecular formula is C70H56N2O3. The first-order chi connectivity index (χ1) is 36.7. The minimum Gasteiger partial charge on any atom is -0.494 e. The standard InChI is InChI=1S/C70H56N2O3/c1-43-53-29-17-19-31-61(53)74-67(43)65(49-37-45-23-15-16-24-46(45)38-49)71(51-25-11-7-12-26-51)59-42-60(56-36-34-48-40-50(70(2,3)4)39-47-33-35-55(59)64(56)63(47)48)72(52-27-13-8-14-28-52)66-68(73-5)57(44-21-9-6-10-22-44)41-58-54-30-18-20-32-62(54)75-69(58)66/h6-9,11-21,23-36,39-42H,10,22,37-38H2,1-5H3. The number of nitrogens with zero attached hydrogens (tertiary/aromatic N) is 2. The van der Waals surface area contributed by atoms with E-state index < -0.39 is 0 Å². The van der Waals surface area contributed by atoms with Crippen LogP contribution in [0.25, 0.3) is 76.5 Å². The van der Waals surface area contributed by atoms with Crippen LogP contribution in [0.3, 0.4) is 0 Å². The summed E-state index contributed by atoms with van der Waals surface area (Å²) in [7, 11) is 1.81. The number of hydrogen-bond donors (Lipinski definition) is 0. The van der Waals surface area contributed by atoms with Gasteiger partial charge in [0.05, 0.1) is 24.2 Å². The van der Waals surface area contributed by atoms with Crippen molar-refractivity contribution in [2.24, 2.45) is 0 Å². The van der Waals surface area contributed by atoms with E-state index in [1.54, 1.807) is 0 Å². The number of fused-ring (bicyclic) bond motifs is 5. The van der Waals surface area contributed by atoms with Gasteiger partial charge in [-0.1, -0.05) is 172 Å². The molecule has 0 aliphatic heterocycles. The fourth-order valence-corrected chi connectivity index (χ4v) is 12.3. The molecule has 0 atom stereocenters. The summed E-state index contributed by atoms with van der Waals surface area (Å²) in [5, 5.41) is 10.3. The Labute approximate surface area is 437 Å². The number of benzene rings is 10. The van der Waals surface area contributed by atoms with Gasteiger partial charge in [0.25, 0.3) is 0 Å². The molecule has 0 spiro atoms. The molecule has 0 saturated heterocycles. The molecule has 364 valence electrons. The van der Waals surface area contributed by atoms with Crippen LogP contribution in [0.5, 0.6) is 5.75 Å². The Morgan fingerprint density at radius 2 is 1.19 bits per heavy atom. The molecule has 5 heteroatoms. The summed E-state index contributed by atoms with van der Waals surface area (Å²) in [6.45, 7) is 9.15. The fourth-order valence-electron chi connectivity index (χ4n) is 12.3. The van der Waals surface area contributed by atoms with Gasteiger partial charge in [0.1, 0.15) is 16.9 Å². The van der Waals surface area contributed by atoms with E-state index in [9.17, 15) is 0 Å². The van der Waals surface area contributed by atoms with E-state index in [4.69, 9.17) is 13.6 Å². The number of para-hydroxylation sites is 4. The number of rotatable bonds is 9. The topological polar surface area (TPSA) is 42.0 Å². The van der Waals surface area contributed by atoms with Gasteiger partial charge in [-0.05, 0) is 131 Å². The molecule has 0 unspecified atom stereocenters. The Morgan fingerprint density at radius 3 is 1.83 bits per heavy atom. The summed E-state index contributed by atoms with van der Waals surface area (Å²) in [6, 6.07) is 66.5. The van der Waals surface area contributed by atoms with Gasteiger partial charge in [-0.25, -0.2) is 0 Å². The number of hydrogen-bond acceptors (Lipinski definition) is 5. The summed E-state index contributed by atoms with van der Waals surface area (Å²) in [4.78, 5) is 4.95. The summed E-state index contributed by atoms with van der Waals surface area (Å²) in [5.41, 5.74) is 17.1. The molecule has 0 N–H and O–H groups in total. The molecule has 0 amide bonds. The first kappa shape index (κ1) is 44.9. The maximum Gasteiger partial charge on any atom is 0.163 e. The van der Waals surface area contributed by atoms with Crippen molar-refractivity contribution in [3.05, 3.63) is 239 Å². The summed E-state index contributed by atoms with van der Waals surface area (Å²) >= 11 is 0. The van der Waals surface area contributed by atoms with E-state index in [2.05, 4.69) is 238 Å². The van der Waals surface area contributed by atoms with E-state index in [0.717, 1.165) is 126 Å². The molecule has 2 aromatic heterocycles. The fraction of sp³-hybridized carbons (Fsp3) is 0.143. The number of methoxy groups -OCH3 is 1. The van der Waals surface area contributed by atoms with Gasteiger partial charge >= 0.3 is 0 Å². The minimum absolute atomic E-state index is 0.0531. The van der Waals surface area contributed by atoms with Crippen LogP contribution < -0.4 is 14.5 Å². The van der Waals surface area contributed by atoms with Gasteiger partial charge in [0, 0.05) is 54.8 Å². The van der Waals surface area contributed by atoms with E-state index in [0.29, 0.717) is 0 Å². The highest BCUT2D eigenvalue weighted by Gasteiger charge is 2.34. The van der Waals surface area contributed by atoms with Gasteiger partial charge < -0.3 is 23.4 Å². The van der Waals surface area contributed by atoms with Gasteiger partial charge in [-0.2, -0.15) is 0 Å². The van der Waals surface area contributed by atoms with Crippen molar-refractivity contribution in [3.8, 4) is 5.75 Å². The average Bonchev–Trinajstić information content (AvgIpc) is 4.18. The van der Waals surface area contributed by atoms with Crippen molar-refractivity contribution in [2.45, 2.75) is 58.8 Å². The van der Waals surface area contributed by atoms with E-state index in [1.807, 2.05) is 7.11 Å². The Morgan fingerprint density at radius 1 is 0.573 bits per heavy atom. The van der Waals surface area contributed by atoms with Crippen molar-refractivity contribution in [1.29, 1.82) is 0 Å². The molecule has 0 bridgehead atoms.